The molecule has 0 radical (unpaired) electrons. The number of ether oxygens (including phenoxy) is 1. The summed E-state index contributed by atoms with van der Waals surface area (Å²) in [4.78, 5) is 12.1. The van der Waals surface area contributed by atoms with E-state index in [0.717, 1.165) is 12.8 Å². The lowest BCUT2D eigenvalue weighted by Gasteiger charge is -2.06. The summed E-state index contributed by atoms with van der Waals surface area (Å²) in [7, 11) is 1.56. The van der Waals surface area contributed by atoms with Gasteiger partial charge in [0.1, 0.15) is 5.75 Å². The second kappa shape index (κ2) is 9.82. The lowest BCUT2D eigenvalue weighted by molar-refractivity contribution is 0.0979. The Hall–Kier alpha value is -1.02. The van der Waals surface area contributed by atoms with Crippen molar-refractivity contribution >= 4 is 17.4 Å². The number of ketones is 1. The van der Waals surface area contributed by atoms with Crippen LogP contribution in [0.5, 0.6) is 5.75 Å². The average Bonchev–Trinajstić information content (AvgIpc) is 2.46. The maximum Gasteiger partial charge on any atom is 0.163 e. The predicted molar refractivity (Wildman–Crippen MR) is 84.9 cm³/mol. The molecule has 0 unspecified atom stereocenters. The first-order valence-electron chi connectivity index (χ1n) is 7.55. The van der Waals surface area contributed by atoms with E-state index in [1.807, 2.05) is 0 Å². The minimum Gasteiger partial charge on any atom is -0.495 e. The van der Waals surface area contributed by atoms with Crippen molar-refractivity contribution in [3.8, 4) is 5.75 Å². The van der Waals surface area contributed by atoms with Gasteiger partial charge in [0.05, 0.1) is 12.1 Å². The molecular weight excluding hydrogens is 272 g/mol. The lowest BCUT2D eigenvalue weighted by Crippen LogP contribution is -1.99. The summed E-state index contributed by atoms with van der Waals surface area (Å²) in [5.74, 6) is 0.741. The molecule has 3 heteroatoms. The molecule has 0 bridgehead atoms. The van der Waals surface area contributed by atoms with Crippen LogP contribution in [0, 0.1) is 0 Å². The van der Waals surface area contributed by atoms with Crippen molar-refractivity contribution in [2.45, 2.75) is 58.3 Å². The number of hydrogen-bond donors (Lipinski definition) is 0. The molecule has 112 valence electrons. The molecule has 1 aromatic rings. The van der Waals surface area contributed by atoms with Gasteiger partial charge < -0.3 is 4.74 Å². The molecule has 2 nitrogen and oxygen atoms in total. The summed E-state index contributed by atoms with van der Waals surface area (Å²) < 4.78 is 5.13. The molecule has 1 aromatic carbocycles. The molecule has 0 spiro atoms. The molecule has 0 saturated carbocycles. The van der Waals surface area contributed by atoms with Gasteiger partial charge in [0.25, 0.3) is 0 Å². The van der Waals surface area contributed by atoms with Crippen molar-refractivity contribution in [3.63, 3.8) is 0 Å². The fourth-order valence-electron chi connectivity index (χ4n) is 2.22. The average molecular weight is 297 g/mol. The molecule has 0 aliphatic carbocycles. The molecule has 20 heavy (non-hydrogen) atoms. The third-order valence-corrected chi connectivity index (χ3v) is 3.79. The molecule has 0 heterocycles. The van der Waals surface area contributed by atoms with E-state index >= 15 is 0 Å². The van der Waals surface area contributed by atoms with Crippen LogP contribution >= 0.6 is 11.6 Å². The van der Waals surface area contributed by atoms with Gasteiger partial charge in [-0.15, -0.1) is 0 Å². The maximum absolute atomic E-state index is 12.1. The molecule has 0 saturated heterocycles. The van der Waals surface area contributed by atoms with E-state index in [2.05, 4.69) is 6.92 Å². The molecule has 0 aliphatic heterocycles. The van der Waals surface area contributed by atoms with Crippen molar-refractivity contribution in [2.75, 3.05) is 7.11 Å². The van der Waals surface area contributed by atoms with Gasteiger partial charge in [0.15, 0.2) is 5.78 Å². The predicted octanol–water partition coefficient (Wildman–Crippen LogP) is 5.67. The van der Waals surface area contributed by atoms with Gasteiger partial charge in [-0.2, -0.15) is 0 Å². The van der Waals surface area contributed by atoms with Gasteiger partial charge in [0, 0.05) is 12.0 Å². The fourth-order valence-corrected chi connectivity index (χ4v) is 2.41. The van der Waals surface area contributed by atoms with Crippen LogP contribution in [0.4, 0.5) is 0 Å². The minimum absolute atomic E-state index is 0.175. The van der Waals surface area contributed by atoms with Crippen LogP contribution < -0.4 is 4.74 Å². The molecule has 0 atom stereocenters. The summed E-state index contributed by atoms with van der Waals surface area (Å²) >= 11 is 5.95. The van der Waals surface area contributed by atoms with Gasteiger partial charge >= 0.3 is 0 Å². The molecule has 0 aromatic heterocycles. The highest BCUT2D eigenvalue weighted by molar-refractivity contribution is 6.32. The largest absolute Gasteiger partial charge is 0.495 e. The normalized spacial score (nSPS) is 10.6. The highest BCUT2D eigenvalue weighted by atomic mass is 35.5. The van der Waals surface area contributed by atoms with Crippen LogP contribution in [-0.4, -0.2) is 12.9 Å². The zero-order valence-corrected chi connectivity index (χ0v) is 13.3. The standard InChI is InChI=1S/C17H25ClO2/c1-3-4-5-6-7-8-9-10-16(19)14-11-12-15(18)17(13-14)20-2/h11-13H,3-10H2,1-2H3. The van der Waals surface area contributed by atoms with E-state index < -0.39 is 0 Å². The Balaban J connectivity index is 2.29. The quantitative estimate of drug-likeness (QED) is 0.410. The Kier molecular flexibility index (Phi) is 8.36. The van der Waals surface area contributed by atoms with E-state index in [1.165, 1.54) is 32.1 Å². The highest BCUT2D eigenvalue weighted by Gasteiger charge is 2.09. The summed E-state index contributed by atoms with van der Waals surface area (Å²) in [6.45, 7) is 2.22. The number of halogens is 1. The summed E-state index contributed by atoms with van der Waals surface area (Å²) in [6, 6.07) is 5.22. The first-order valence-corrected chi connectivity index (χ1v) is 7.93. The van der Waals surface area contributed by atoms with E-state index in [1.54, 1.807) is 25.3 Å². The third-order valence-electron chi connectivity index (χ3n) is 3.48. The van der Waals surface area contributed by atoms with E-state index in [0.29, 0.717) is 22.8 Å². The molecule has 0 N–H and O–H groups in total. The number of benzene rings is 1. The van der Waals surface area contributed by atoms with Gasteiger partial charge in [-0.1, -0.05) is 57.0 Å². The third kappa shape index (κ3) is 5.96. The number of carbonyl (C=O) groups is 1. The highest BCUT2D eigenvalue weighted by Crippen LogP contribution is 2.25. The van der Waals surface area contributed by atoms with Gasteiger partial charge in [-0.05, 0) is 24.6 Å². The number of carbonyl (C=O) groups excluding carboxylic acids is 1. The second-order valence-corrected chi connectivity index (χ2v) is 5.55. The van der Waals surface area contributed by atoms with E-state index in [9.17, 15) is 4.79 Å². The molecular formula is C17H25ClO2. The number of unbranched alkanes of at least 4 members (excludes halogenated alkanes) is 6. The van der Waals surface area contributed by atoms with E-state index in [-0.39, 0.29) is 5.78 Å². The molecule has 0 fully saturated rings. The van der Waals surface area contributed by atoms with Gasteiger partial charge in [0.2, 0.25) is 0 Å². The van der Waals surface area contributed by atoms with Crippen molar-refractivity contribution in [1.82, 2.24) is 0 Å². The number of hydrogen-bond acceptors (Lipinski definition) is 2. The number of Topliss-reactive ketones (excluding diaryl/α,β-unsaturated/α-hetero) is 1. The zero-order valence-electron chi connectivity index (χ0n) is 12.6. The Morgan fingerprint density at radius 2 is 1.75 bits per heavy atom. The Morgan fingerprint density at radius 1 is 1.10 bits per heavy atom. The summed E-state index contributed by atoms with van der Waals surface area (Å²) in [5.41, 5.74) is 0.692. The SMILES string of the molecule is CCCCCCCCCC(=O)c1ccc(Cl)c(OC)c1. The van der Waals surface area contributed by atoms with Crippen LogP contribution in [-0.2, 0) is 0 Å². The molecule has 1 rings (SSSR count). The zero-order chi connectivity index (χ0) is 14.8. The Bertz CT molecular complexity index is 415. The summed E-state index contributed by atoms with van der Waals surface area (Å²) in [5, 5.41) is 0.542. The topological polar surface area (TPSA) is 26.3 Å². The van der Waals surface area contributed by atoms with Crippen molar-refractivity contribution in [3.05, 3.63) is 28.8 Å². The lowest BCUT2D eigenvalue weighted by atomic mass is 10.0. The smallest absolute Gasteiger partial charge is 0.163 e. The van der Waals surface area contributed by atoms with Gasteiger partial charge in [-0.3, -0.25) is 4.79 Å². The second-order valence-electron chi connectivity index (χ2n) is 5.14. The maximum atomic E-state index is 12.1. The Morgan fingerprint density at radius 3 is 2.40 bits per heavy atom. The van der Waals surface area contributed by atoms with Crippen molar-refractivity contribution in [1.29, 1.82) is 0 Å². The van der Waals surface area contributed by atoms with Gasteiger partial charge in [-0.25, -0.2) is 0 Å². The van der Waals surface area contributed by atoms with Crippen LogP contribution in [0.3, 0.4) is 0 Å². The van der Waals surface area contributed by atoms with E-state index in [4.69, 9.17) is 16.3 Å². The fraction of sp³-hybridized carbons (Fsp3) is 0.588. The van der Waals surface area contributed by atoms with Crippen LogP contribution in [0.1, 0.15) is 68.6 Å². The number of rotatable bonds is 10. The first-order chi connectivity index (χ1) is 9.69. The van der Waals surface area contributed by atoms with Crippen LogP contribution in [0.2, 0.25) is 5.02 Å². The monoisotopic (exact) mass is 296 g/mol. The van der Waals surface area contributed by atoms with Crippen LogP contribution in [0.15, 0.2) is 18.2 Å². The summed E-state index contributed by atoms with van der Waals surface area (Å²) in [6.07, 6.45) is 9.15. The first kappa shape index (κ1) is 17.0. The number of methoxy groups -OCH3 is 1. The van der Waals surface area contributed by atoms with Crippen LogP contribution in [0.25, 0.3) is 0 Å². The van der Waals surface area contributed by atoms with Crippen molar-refractivity contribution in [2.24, 2.45) is 0 Å². The molecule has 0 aliphatic rings. The van der Waals surface area contributed by atoms with Crippen molar-refractivity contribution < 1.29 is 9.53 Å². The molecule has 0 amide bonds. The minimum atomic E-state index is 0.175. The Labute approximate surface area is 127 Å².